The molecule has 0 unspecified atom stereocenters. The fraction of sp³-hybridized carbons (Fsp3) is 0.457. The number of benzene rings is 3. The molecule has 0 spiro atoms. The number of aliphatic hydroxyl groups excluding tert-OH is 1. The van der Waals surface area contributed by atoms with E-state index in [4.69, 9.17) is 13.9 Å². The molecule has 54 heavy (non-hydrogen) atoms. The van der Waals surface area contributed by atoms with Crippen LogP contribution in [0.2, 0.25) is 5.04 Å². The van der Waals surface area contributed by atoms with Crippen LogP contribution >= 0.6 is 34.4 Å². The molecule has 0 aliphatic carbocycles. The summed E-state index contributed by atoms with van der Waals surface area (Å²) in [6.07, 6.45) is 7.94. The number of ketones is 1. The van der Waals surface area contributed by atoms with Gasteiger partial charge in [-0.3, -0.25) is 4.79 Å². The number of allylic oxidation sites excluding steroid dienone is 2. The van der Waals surface area contributed by atoms with E-state index >= 15 is 0 Å². The van der Waals surface area contributed by atoms with E-state index in [2.05, 4.69) is 147 Å². The number of Topliss-reactive ketones (excluding diaryl/α,β-unsaturated/α-hetero) is 1. The van der Waals surface area contributed by atoms with Crippen LogP contribution < -0.4 is 10.4 Å². The van der Waals surface area contributed by atoms with Crippen molar-refractivity contribution in [2.24, 2.45) is 17.8 Å². The van der Waals surface area contributed by atoms with Crippen molar-refractivity contribution in [1.82, 2.24) is 0 Å². The van der Waals surface area contributed by atoms with Crippen LogP contribution in [0.5, 0.6) is 0 Å². The summed E-state index contributed by atoms with van der Waals surface area (Å²) in [4.78, 5) is 14.3. The van der Waals surface area contributed by atoms with Crippen LogP contribution in [0.3, 0.4) is 0 Å². The third-order valence-electron chi connectivity index (χ3n) is 10.8. The maximum atomic E-state index is 13.0. The number of thioether (sulfide) groups is 1. The van der Waals surface area contributed by atoms with E-state index in [0.717, 1.165) is 30.4 Å². The molecule has 3 aromatic carbocycles. The van der Waals surface area contributed by atoms with Gasteiger partial charge >= 0.3 is 0 Å². The number of carbonyl (C=O) groups is 1. The van der Waals surface area contributed by atoms with Crippen LogP contribution in [0.4, 0.5) is 0 Å². The molecule has 0 amide bonds. The van der Waals surface area contributed by atoms with Gasteiger partial charge in [0.25, 0.3) is 8.32 Å². The Morgan fingerprint density at radius 1 is 0.944 bits per heavy atom. The van der Waals surface area contributed by atoms with E-state index < -0.39 is 14.4 Å². The van der Waals surface area contributed by atoms with Crippen molar-refractivity contribution in [1.29, 1.82) is 0 Å². The molecule has 7 atom stereocenters. The summed E-state index contributed by atoms with van der Waals surface area (Å²) in [7, 11) is -1.00. The lowest BCUT2D eigenvalue weighted by molar-refractivity contribution is -0.127. The quantitative estimate of drug-likeness (QED) is 0.0780. The van der Waals surface area contributed by atoms with Gasteiger partial charge in [0.2, 0.25) is 0 Å². The molecule has 5 nitrogen and oxygen atoms in total. The molecular weight excluding hydrogens is 820 g/mol. The van der Waals surface area contributed by atoms with Gasteiger partial charge in [-0.1, -0.05) is 166 Å². The monoisotopic (exact) mass is 880 g/mol. The first-order chi connectivity index (χ1) is 25.8. The molecule has 1 fully saturated rings. The average molecular weight is 881 g/mol. The third kappa shape index (κ3) is 11.9. The van der Waals surface area contributed by atoms with Gasteiger partial charge in [-0.15, -0.1) is 0 Å². The molecular formula is C46H61IO5SSi. The molecule has 292 valence electrons. The van der Waals surface area contributed by atoms with Crippen LogP contribution in [0, 0.1) is 17.8 Å². The number of aliphatic hydroxyl groups is 1. The minimum atomic E-state index is -2.62. The summed E-state index contributed by atoms with van der Waals surface area (Å²) in [6, 6.07) is 32.3. The van der Waals surface area contributed by atoms with Crippen molar-refractivity contribution in [2.45, 2.75) is 108 Å². The predicted molar refractivity (Wildman–Crippen MR) is 237 cm³/mol. The second kappa shape index (κ2) is 21.3. The van der Waals surface area contributed by atoms with Gasteiger partial charge in [-0.2, -0.15) is 0 Å². The van der Waals surface area contributed by atoms with Gasteiger partial charge in [-0.05, 0) is 81.8 Å². The molecule has 1 aliphatic rings. The zero-order valence-electron chi connectivity index (χ0n) is 33.4. The molecule has 1 N–H and O–H groups in total. The second-order valence-electron chi connectivity index (χ2n) is 15.8. The fourth-order valence-electron chi connectivity index (χ4n) is 7.61. The number of hydrogen-bond acceptors (Lipinski definition) is 6. The predicted octanol–water partition coefficient (Wildman–Crippen LogP) is 10.3. The lowest BCUT2D eigenvalue weighted by Crippen LogP contribution is -2.66. The topological polar surface area (TPSA) is 65.0 Å². The fourth-order valence-corrected chi connectivity index (χ4v) is 13.7. The van der Waals surface area contributed by atoms with Crippen LogP contribution in [-0.2, 0) is 18.7 Å². The molecule has 1 heterocycles. The van der Waals surface area contributed by atoms with Crippen LogP contribution in [-0.4, -0.2) is 56.7 Å². The number of methoxy groups -OCH3 is 1. The summed E-state index contributed by atoms with van der Waals surface area (Å²) in [5.74, 6) is 0.233. The molecule has 3 aromatic rings. The number of carbonyl (C=O) groups excluding carboxylic acids is 1. The molecule has 1 aliphatic heterocycles. The number of hydrogen-bond donors (Lipinski definition) is 1. The highest BCUT2D eigenvalue weighted by atomic mass is 127. The second-order valence-corrected chi connectivity index (χ2v) is 22.0. The van der Waals surface area contributed by atoms with Crippen molar-refractivity contribution in [3.05, 3.63) is 124 Å². The summed E-state index contributed by atoms with van der Waals surface area (Å²) in [6.45, 7) is 15.6. The maximum absolute atomic E-state index is 13.0. The summed E-state index contributed by atoms with van der Waals surface area (Å²) in [5.41, 5.74) is 1.80. The number of rotatable bonds is 18. The van der Waals surface area contributed by atoms with Gasteiger partial charge in [-0.25, -0.2) is 0 Å². The summed E-state index contributed by atoms with van der Waals surface area (Å²) in [5, 5.41) is 13.5. The minimum absolute atomic E-state index is 0.0143. The van der Waals surface area contributed by atoms with E-state index in [1.165, 1.54) is 15.3 Å². The van der Waals surface area contributed by atoms with Crippen LogP contribution in [0.25, 0.3) is 0 Å². The Hall–Kier alpha value is -2.31. The number of ether oxygens (including phenoxy) is 2. The Kier molecular flexibility index (Phi) is 17.5. The van der Waals surface area contributed by atoms with Crippen molar-refractivity contribution >= 4 is 58.8 Å². The molecule has 0 aromatic heterocycles. The Bertz CT molecular complexity index is 1630. The van der Waals surface area contributed by atoms with Gasteiger partial charge in [0.1, 0.15) is 11.2 Å². The Morgan fingerprint density at radius 3 is 2.06 bits per heavy atom. The normalized spacial score (nSPS) is 21.1. The lowest BCUT2D eigenvalue weighted by Gasteiger charge is -2.43. The lowest BCUT2D eigenvalue weighted by atomic mass is 9.87. The van der Waals surface area contributed by atoms with Crippen molar-refractivity contribution < 1.29 is 23.8 Å². The van der Waals surface area contributed by atoms with E-state index in [9.17, 15) is 9.90 Å². The van der Waals surface area contributed by atoms with Gasteiger partial charge in [0, 0.05) is 36.9 Å². The molecule has 4 rings (SSSR count). The van der Waals surface area contributed by atoms with E-state index in [0.29, 0.717) is 12.5 Å². The Labute approximate surface area is 344 Å². The van der Waals surface area contributed by atoms with E-state index in [1.807, 2.05) is 37.0 Å². The highest BCUT2D eigenvalue weighted by molar-refractivity contribution is 14.1. The van der Waals surface area contributed by atoms with Gasteiger partial charge in [0.05, 0.1) is 18.3 Å². The smallest absolute Gasteiger partial charge is 0.261 e. The van der Waals surface area contributed by atoms with Gasteiger partial charge in [0.15, 0.2) is 0 Å². The maximum Gasteiger partial charge on any atom is 0.261 e. The largest absolute Gasteiger partial charge is 0.407 e. The van der Waals surface area contributed by atoms with Crippen LogP contribution in [0.15, 0.2) is 129 Å². The summed E-state index contributed by atoms with van der Waals surface area (Å²) < 4.78 is 21.7. The third-order valence-corrected chi connectivity index (χ3v) is 17.9. The van der Waals surface area contributed by atoms with Gasteiger partial charge < -0.3 is 19.0 Å². The Balaban J connectivity index is 1.48. The highest BCUT2D eigenvalue weighted by Crippen LogP contribution is 2.40. The molecule has 1 saturated heterocycles. The molecule has 8 heteroatoms. The van der Waals surface area contributed by atoms with E-state index in [-0.39, 0.29) is 46.7 Å². The van der Waals surface area contributed by atoms with Crippen molar-refractivity contribution in [3.63, 3.8) is 0 Å². The molecule has 0 bridgehead atoms. The highest BCUT2D eigenvalue weighted by Gasteiger charge is 2.50. The first kappa shape index (κ1) is 44.4. The number of halogens is 1. The Morgan fingerprint density at radius 2 is 1.52 bits per heavy atom. The summed E-state index contributed by atoms with van der Waals surface area (Å²) >= 11 is 3.97. The van der Waals surface area contributed by atoms with Crippen LogP contribution in [0.1, 0.15) is 74.1 Å². The zero-order chi connectivity index (χ0) is 39.3. The standard InChI is InChI=1S/C46H61IO5SSi/c1-33(41(48)31-42(49)36(4)45(50-8)35(3)32-47)19-18-20-34(2)43-29-37(30-44(52-43)53-38-21-12-9-13-22-38)27-28-51-54(46(5,6)7,39-23-14-10-15-24-39)40-25-16-11-17-26-40/h9-26,32,34,36-37,41,43-45,48H,27-31H2,1-8H3/b20-18+,33-19+,35-32+/t34-,36+,37-,41+,43-,44+,45+/m1/s1. The SMILES string of the molecule is CO[C@@H](/C(C)=C/I)[C@@H](C)C(=O)C[C@H](O)/C(C)=C/C=C/[C@@H](C)[C@H]1C[C@@H](CCO[Si](c2ccccc2)(c2ccccc2)C(C)(C)C)C[C@H](Sc2ccccc2)O1. The first-order valence-corrected chi connectivity index (χ1v) is 23.3. The average Bonchev–Trinajstić information content (AvgIpc) is 3.17. The minimum Gasteiger partial charge on any atom is -0.407 e. The van der Waals surface area contributed by atoms with Crippen molar-refractivity contribution in [2.75, 3.05) is 13.7 Å². The van der Waals surface area contributed by atoms with E-state index in [1.54, 1.807) is 18.9 Å². The molecule has 0 saturated carbocycles. The van der Waals surface area contributed by atoms with Crippen molar-refractivity contribution in [3.8, 4) is 0 Å². The first-order valence-electron chi connectivity index (χ1n) is 19.3. The molecule has 0 radical (unpaired) electrons. The zero-order valence-corrected chi connectivity index (χ0v) is 37.4.